The third-order valence-corrected chi connectivity index (χ3v) is 2.80. The fourth-order valence-electron chi connectivity index (χ4n) is 2.09. The van der Waals surface area contributed by atoms with Gasteiger partial charge in [-0.15, -0.1) is 0 Å². The summed E-state index contributed by atoms with van der Waals surface area (Å²) in [6.45, 7) is 12.6. The Morgan fingerprint density at radius 2 is 1.82 bits per heavy atom. The van der Waals surface area contributed by atoms with Crippen molar-refractivity contribution in [1.82, 2.24) is 5.32 Å². The average Bonchev–Trinajstić information content (AvgIpc) is 2.26. The zero-order valence-electron chi connectivity index (χ0n) is 11.7. The van der Waals surface area contributed by atoms with Crippen molar-refractivity contribution >= 4 is 0 Å². The first-order chi connectivity index (χ1) is 8.00. The average molecular weight is 235 g/mol. The monoisotopic (exact) mass is 235 g/mol. The van der Waals surface area contributed by atoms with Crippen molar-refractivity contribution in [2.75, 3.05) is 13.2 Å². The van der Waals surface area contributed by atoms with Gasteiger partial charge in [0.25, 0.3) is 0 Å². The molecule has 0 aromatic heterocycles. The molecule has 0 spiro atoms. The number of ether oxygens (including phenoxy) is 1. The highest BCUT2D eigenvalue weighted by Gasteiger charge is 2.27. The lowest BCUT2D eigenvalue weighted by Gasteiger charge is -2.32. The van der Waals surface area contributed by atoms with Crippen molar-refractivity contribution in [3.05, 3.63) is 29.8 Å². The summed E-state index contributed by atoms with van der Waals surface area (Å²) in [7, 11) is 0. The molecule has 2 heteroatoms. The summed E-state index contributed by atoms with van der Waals surface area (Å²) in [4.78, 5) is 0. The van der Waals surface area contributed by atoms with Crippen LogP contribution in [0, 0.1) is 5.41 Å². The molecule has 0 aliphatic rings. The van der Waals surface area contributed by atoms with Gasteiger partial charge in [0, 0.05) is 11.6 Å². The van der Waals surface area contributed by atoms with Gasteiger partial charge < -0.3 is 10.1 Å². The highest BCUT2D eigenvalue weighted by molar-refractivity contribution is 5.36. The lowest BCUT2D eigenvalue weighted by molar-refractivity contribution is 0.262. The summed E-state index contributed by atoms with van der Waals surface area (Å²) in [5.74, 6) is 0.996. The van der Waals surface area contributed by atoms with Crippen LogP contribution in [0.1, 0.15) is 46.2 Å². The van der Waals surface area contributed by atoms with Crippen molar-refractivity contribution in [3.63, 3.8) is 0 Å². The molecule has 0 aliphatic heterocycles. The number of benzene rings is 1. The van der Waals surface area contributed by atoms with Crippen molar-refractivity contribution in [1.29, 1.82) is 0 Å². The number of hydrogen-bond donors (Lipinski definition) is 1. The summed E-state index contributed by atoms with van der Waals surface area (Å²) >= 11 is 0. The Labute approximate surface area is 105 Å². The van der Waals surface area contributed by atoms with Crippen LogP contribution in [0.3, 0.4) is 0 Å². The predicted octanol–water partition coefficient (Wildman–Crippen LogP) is 3.78. The second-order valence-corrected chi connectivity index (χ2v) is 5.33. The Morgan fingerprint density at radius 3 is 2.35 bits per heavy atom. The second-order valence-electron chi connectivity index (χ2n) is 5.33. The maximum absolute atomic E-state index is 5.72. The van der Waals surface area contributed by atoms with Crippen molar-refractivity contribution in [3.8, 4) is 5.75 Å². The van der Waals surface area contributed by atoms with E-state index in [9.17, 15) is 0 Å². The van der Waals surface area contributed by atoms with E-state index >= 15 is 0 Å². The van der Waals surface area contributed by atoms with Crippen LogP contribution in [0.15, 0.2) is 24.3 Å². The highest BCUT2D eigenvalue weighted by atomic mass is 16.5. The van der Waals surface area contributed by atoms with Gasteiger partial charge in [-0.05, 0) is 24.9 Å². The Bertz CT molecular complexity index is 341. The van der Waals surface area contributed by atoms with E-state index in [-0.39, 0.29) is 5.41 Å². The smallest absolute Gasteiger partial charge is 0.124 e. The van der Waals surface area contributed by atoms with Gasteiger partial charge in [0.1, 0.15) is 5.75 Å². The highest BCUT2D eigenvalue weighted by Crippen LogP contribution is 2.37. The maximum atomic E-state index is 5.72. The molecular weight excluding hydrogens is 210 g/mol. The molecule has 1 aromatic carbocycles. The van der Waals surface area contributed by atoms with Crippen LogP contribution >= 0.6 is 0 Å². The molecule has 0 aliphatic carbocycles. The maximum Gasteiger partial charge on any atom is 0.124 e. The van der Waals surface area contributed by atoms with E-state index in [2.05, 4.69) is 51.2 Å². The molecule has 17 heavy (non-hydrogen) atoms. The van der Waals surface area contributed by atoms with Crippen LogP contribution in [-0.4, -0.2) is 13.2 Å². The second kappa shape index (κ2) is 6.06. The van der Waals surface area contributed by atoms with Gasteiger partial charge in [-0.1, -0.05) is 45.9 Å². The molecular formula is C15H25NO. The minimum atomic E-state index is 0.170. The fourth-order valence-corrected chi connectivity index (χ4v) is 2.09. The Hall–Kier alpha value is -1.02. The predicted molar refractivity (Wildman–Crippen MR) is 73.5 cm³/mol. The van der Waals surface area contributed by atoms with Crippen molar-refractivity contribution in [2.45, 2.75) is 40.7 Å². The molecule has 1 unspecified atom stereocenters. The van der Waals surface area contributed by atoms with Crippen LogP contribution in [0.5, 0.6) is 5.75 Å². The third kappa shape index (κ3) is 3.74. The van der Waals surface area contributed by atoms with E-state index in [0.717, 1.165) is 12.3 Å². The van der Waals surface area contributed by atoms with Crippen LogP contribution in [0.2, 0.25) is 0 Å². The van der Waals surface area contributed by atoms with E-state index in [1.165, 1.54) is 5.56 Å². The van der Waals surface area contributed by atoms with E-state index in [1.54, 1.807) is 0 Å². The molecule has 96 valence electrons. The van der Waals surface area contributed by atoms with Crippen LogP contribution in [0.25, 0.3) is 0 Å². The number of hydrogen-bond acceptors (Lipinski definition) is 2. The molecule has 1 N–H and O–H groups in total. The van der Waals surface area contributed by atoms with Gasteiger partial charge in [-0.3, -0.25) is 0 Å². The molecule has 0 bridgehead atoms. The number of rotatable bonds is 5. The Morgan fingerprint density at radius 1 is 1.18 bits per heavy atom. The van der Waals surface area contributed by atoms with Crippen LogP contribution in [-0.2, 0) is 0 Å². The van der Waals surface area contributed by atoms with E-state index < -0.39 is 0 Å². The van der Waals surface area contributed by atoms with Gasteiger partial charge in [-0.2, -0.15) is 0 Å². The Kier molecular flexibility index (Phi) is 5.01. The molecule has 0 heterocycles. The lowest BCUT2D eigenvalue weighted by Crippen LogP contribution is -2.32. The van der Waals surface area contributed by atoms with Crippen molar-refractivity contribution in [2.24, 2.45) is 5.41 Å². The molecule has 0 saturated heterocycles. The quantitative estimate of drug-likeness (QED) is 0.838. The minimum absolute atomic E-state index is 0.170. The number of para-hydroxylation sites is 1. The molecule has 0 amide bonds. The van der Waals surface area contributed by atoms with Gasteiger partial charge in [0.05, 0.1) is 6.61 Å². The Balaban J connectivity index is 3.09. The van der Waals surface area contributed by atoms with Gasteiger partial charge in [-0.25, -0.2) is 0 Å². The summed E-state index contributed by atoms with van der Waals surface area (Å²) in [6, 6.07) is 8.63. The zero-order chi connectivity index (χ0) is 12.9. The topological polar surface area (TPSA) is 21.3 Å². The summed E-state index contributed by atoms with van der Waals surface area (Å²) in [5, 5.41) is 3.56. The van der Waals surface area contributed by atoms with Gasteiger partial charge in [0.2, 0.25) is 0 Å². The molecule has 0 fully saturated rings. The third-order valence-electron chi connectivity index (χ3n) is 2.80. The first-order valence-corrected chi connectivity index (χ1v) is 6.45. The molecule has 2 nitrogen and oxygen atoms in total. The van der Waals surface area contributed by atoms with Crippen LogP contribution < -0.4 is 10.1 Å². The number of nitrogens with one attached hydrogen (secondary N) is 1. The molecule has 0 saturated carbocycles. The van der Waals surface area contributed by atoms with Crippen molar-refractivity contribution < 1.29 is 4.74 Å². The summed E-state index contributed by atoms with van der Waals surface area (Å²) in [5.41, 5.74) is 1.42. The first kappa shape index (κ1) is 14.0. The minimum Gasteiger partial charge on any atom is -0.494 e. The normalized spacial score (nSPS) is 13.5. The molecule has 1 atom stereocenters. The molecule has 1 aromatic rings. The lowest BCUT2D eigenvalue weighted by atomic mass is 9.82. The summed E-state index contributed by atoms with van der Waals surface area (Å²) < 4.78 is 5.72. The summed E-state index contributed by atoms with van der Waals surface area (Å²) in [6.07, 6.45) is 0. The molecule has 0 radical (unpaired) electrons. The van der Waals surface area contributed by atoms with Crippen LogP contribution in [0.4, 0.5) is 0 Å². The standard InChI is InChI=1S/C15H25NO/c1-6-16-14(15(3,4)5)12-10-8-9-11-13(12)17-7-2/h8-11,14,16H,6-7H2,1-5H3. The molecule has 1 rings (SSSR count). The largest absolute Gasteiger partial charge is 0.494 e. The SMILES string of the molecule is CCNC(c1ccccc1OCC)C(C)(C)C. The first-order valence-electron chi connectivity index (χ1n) is 6.45. The fraction of sp³-hybridized carbons (Fsp3) is 0.600. The van der Waals surface area contributed by atoms with E-state index in [4.69, 9.17) is 4.74 Å². The van der Waals surface area contributed by atoms with E-state index in [0.29, 0.717) is 12.6 Å². The van der Waals surface area contributed by atoms with Gasteiger partial charge >= 0.3 is 0 Å². The van der Waals surface area contributed by atoms with E-state index in [1.807, 2.05) is 13.0 Å². The van der Waals surface area contributed by atoms with Gasteiger partial charge in [0.15, 0.2) is 0 Å². The zero-order valence-corrected chi connectivity index (χ0v) is 11.7.